The quantitative estimate of drug-likeness (QED) is 0.825. The van der Waals surface area contributed by atoms with Crippen molar-refractivity contribution in [2.75, 3.05) is 19.6 Å². The van der Waals surface area contributed by atoms with Gasteiger partial charge in [-0.1, -0.05) is 30.0 Å². The molecule has 3 amide bonds. The molecule has 0 spiro atoms. The molecule has 1 aliphatic carbocycles. The summed E-state index contributed by atoms with van der Waals surface area (Å²) in [6.45, 7) is 1.61. The average Bonchev–Trinajstić information content (AvgIpc) is 3.34. The van der Waals surface area contributed by atoms with Crippen LogP contribution >= 0.6 is 0 Å². The maximum Gasteiger partial charge on any atom is 0.315 e. The smallest absolute Gasteiger partial charge is 0.315 e. The van der Waals surface area contributed by atoms with Crippen LogP contribution in [0.5, 0.6) is 0 Å². The summed E-state index contributed by atoms with van der Waals surface area (Å²) in [5.74, 6) is 6.35. The summed E-state index contributed by atoms with van der Waals surface area (Å²) >= 11 is 0. The van der Waals surface area contributed by atoms with E-state index in [-0.39, 0.29) is 17.9 Å². The monoisotopic (exact) mass is 311 g/mol. The van der Waals surface area contributed by atoms with Gasteiger partial charge in [0.1, 0.15) is 0 Å². The highest BCUT2D eigenvalue weighted by molar-refractivity contribution is 5.79. The molecule has 0 radical (unpaired) electrons. The molecule has 1 aromatic rings. The zero-order valence-corrected chi connectivity index (χ0v) is 13.0. The number of nitrogens with zero attached hydrogens (tertiary/aromatic N) is 1. The van der Waals surface area contributed by atoms with Gasteiger partial charge in [-0.25, -0.2) is 4.79 Å². The Hall–Kier alpha value is -2.48. The predicted octanol–water partition coefficient (Wildman–Crippen LogP) is 1.35. The maximum absolute atomic E-state index is 11.8. The number of nitrogens with one attached hydrogen (secondary N) is 2. The van der Waals surface area contributed by atoms with Crippen molar-refractivity contribution in [3.63, 3.8) is 0 Å². The van der Waals surface area contributed by atoms with Gasteiger partial charge in [-0.3, -0.25) is 4.79 Å². The predicted molar refractivity (Wildman–Crippen MR) is 87.6 cm³/mol. The second-order valence-electron chi connectivity index (χ2n) is 6.08. The van der Waals surface area contributed by atoms with Crippen LogP contribution in [0.15, 0.2) is 30.3 Å². The van der Waals surface area contributed by atoms with Gasteiger partial charge in [-0.05, 0) is 25.0 Å². The Bertz CT molecular complexity index is 629. The molecule has 2 fully saturated rings. The van der Waals surface area contributed by atoms with Crippen molar-refractivity contribution in [3.05, 3.63) is 35.9 Å². The lowest BCUT2D eigenvalue weighted by atomic mass is 10.1. The number of rotatable bonds is 4. The van der Waals surface area contributed by atoms with Gasteiger partial charge < -0.3 is 15.5 Å². The highest BCUT2D eigenvalue weighted by Crippen LogP contribution is 2.32. The summed E-state index contributed by atoms with van der Waals surface area (Å²) in [6.07, 6.45) is 2.81. The number of likely N-dealkylation sites (tertiary alicyclic amines) is 1. The third-order valence-electron chi connectivity index (χ3n) is 4.12. The molecule has 3 rings (SSSR count). The minimum Gasteiger partial charge on any atom is -0.339 e. The first-order chi connectivity index (χ1) is 11.2. The Labute approximate surface area is 136 Å². The highest BCUT2D eigenvalue weighted by atomic mass is 16.2. The van der Waals surface area contributed by atoms with E-state index < -0.39 is 0 Å². The molecular formula is C18H21N3O2. The van der Waals surface area contributed by atoms with Crippen LogP contribution in [0.25, 0.3) is 0 Å². The summed E-state index contributed by atoms with van der Waals surface area (Å²) in [6, 6.07) is 9.88. The zero-order chi connectivity index (χ0) is 16.1. The van der Waals surface area contributed by atoms with Gasteiger partial charge in [0.2, 0.25) is 5.91 Å². The molecule has 1 heterocycles. The molecule has 23 heavy (non-hydrogen) atoms. The Morgan fingerprint density at radius 2 is 2.00 bits per heavy atom. The van der Waals surface area contributed by atoms with E-state index in [1.807, 2.05) is 35.2 Å². The van der Waals surface area contributed by atoms with Gasteiger partial charge in [0, 0.05) is 37.0 Å². The Morgan fingerprint density at radius 1 is 1.22 bits per heavy atom. The highest BCUT2D eigenvalue weighted by Gasteiger charge is 2.39. The standard InChI is InChI=1S/C18H21N3O2/c22-17-11-15(13-21(17)16-8-9-16)12-20-18(23)19-10-4-7-14-5-2-1-3-6-14/h1-3,5-6,15-16H,8-13H2,(H2,19,20,23)/t15-/m0/s1. The summed E-state index contributed by atoms with van der Waals surface area (Å²) in [5, 5.41) is 5.54. The lowest BCUT2D eigenvalue weighted by Crippen LogP contribution is -2.39. The zero-order valence-electron chi connectivity index (χ0n) is 13.0. The molecule has 1 saturated carbocycles. The van der Waals surface area contributed by atoms with Crippen molar-refractivity contribution in [1.29, 1.82) is 0 Å². The Balaban J connectivity index is 1.34. The molecule has 0 unspecified atom stereocenters. The van der Waals surface area contributed by atoms with Crippen LogP contribution in [0.4, 0.5) is 4.79 Å². The van der Waals surface area contributed by atoms with Crippen molar-refractivity contribution in [2.24, 2.45) is 5.92 Å². The first-order valence-corrected chi connectivity index (χ1v) is 8.07. The van der Waals surface area contributed by atoms with Crippen LogP contribution in [0.2, 0.25) is 0 Å². The van der Waals surface area contributed by atoms with Crippen molar-refractivity contribution in [2.45, 2.75) is 25.3 Å². The van der Waals surface area contributed by atoms with Gasteiger partial charge in [0.15, 0.2) is 0 Å². The molecule has 120 valence electrons. The van der Waals surface area contributed by atoms with E-state index in [9.17, 15) is 9.59 Å². The molecule has 2 aliphatic rings. The third-order valence-corrected chi connectivity index (χ3v) is 4.12. The van der Waals surface area contributed by atoms with E-state index in [0.29, 0.717) is 25.6 Å². The Kier molecular flexibility index (Phi) is 4.82. The summed E-state index contributed by atoms with van der Waals surface area (Å²) in [4.78, 5) is 25.5. The molecule has 1 saturated heterocycles. The number of amides is 3. The summed E-state index contributed by atoms with van der Waals surface area (Å²) < 4.78 is 0. The normalized spacial score (nSPS) is 19.9. The van der Waals surface area contributed by atoms with Crippen LogP contribution in [0.3, 0.4) is 0 Å². The number of hydrogen-bond acceptors (Lipinski definition) is 2. The molecule has 0 bridgehead atoms. The number of benzene rings is 1. The summed E-state index contributed by atoms with van der Waals surface area (Å²) in [7, 11) is 0. The molecule has 0 aromatic heterocycles. The maximum atomic E-state index is 11.8. The number of hydrogen-bond donors (Lipinski definition) is 2. The molecule has 2 N–H and O–H groups in total. The van der Waals surface area contributed by atoms with E-state index in [2.05, 4.69) is 22.5 Å². The van der Waals surface area contributed by atoms with E-state index in [1.165, 1.54) is 0 Å². The molecule has 1 aliphatic heterocycles. The SMILES string of the molecule is O=C(NCC#Cc1ccccc1)NC[C@@H]1CC(=O)N(C2CC2)C1. The van der Waals surface area contributed by atoms with E-state index in [4.69, 9.17) is 0 Å². The first kappa shape index (κ1) is 15.4. The lowest BCUT2D eigenvalue weighted by Gasteiger charge is -2.15. The van der Waals surface area contributed by atoms with Gasteiger partial charge in [0.25, 0.3) is 0 Å². The molecule has 1 aromatic carbocycles. The van der Waals surface area contributed by atoms with Gasteiger partial charge in [0.05, 0.1) is 6.54 Å². The fourth-order valence-electron chi connectivity index (χ4n) is 2.78. The van der Waals surface area contributed by atoms with Crippen molar-refractivity contribution in [3.8, 4) is 11.8 Å². The average molecular weight is 311 g/mol. The topological polar surface area (TPSA) is 61.4 Å². The van der Waals surface area contributed by atoms with Crippen LogP contribution < -0.4 is 10.6 Å². The molecular weight excluding hydrogens is 290 g/mol. The lowest BCUT2D eigenvalue weighted by molar-refractivity contribution is -0.128. The van der Waals surface area contributed by atoms with Gasteiger partial charge >= 0.3 is 6.03 Å². The van der Waals surface area contributed by atoms with Crippen LogP contribution in [-0.4, -0.2) is 42.5 Å². The molecule has 5 heteroatoms. The third kappa shape index (κ3) is 4.49. The number of carbonyl (C=O) groups is 2. The minimum absolute atomic E-state index is 0.226. The molecule has 5 nitrogen and oxygen atoms in total. The fraction of sp³-hybridized carbons (Fsp3) is 0.444. The minimum atomic E-state index is -0.232. The van der Waals surface area contributed by atoms with Crippen molar-refractivity contribution >= 4 is 11.9 Å². The fourth-order valence-corrected chi connectivity index (χ4v) is 2.78. The number of urea groups is 1. The Morgan fingerprint density at radius 3 is 2.74 bits per heavy atom. The van der Waals surface area contributed by atoms with E-state index in [0.717, 1.165) is 24.9 Å². The van der Waals surface area contributed by atoms with E-state index in [1.54, 1.807) is 0 Å². The van der Waals surface area contributed by atoms with E-state index >= 15 is 0 Å². The first-order valence-electron chi connectivity index (χ1n) is 8.07. The van der Waals surface area contributed by atoms with Crippen LogP contribution in [-0.2, 0) is 4.79 Å². The van der Waals surface area contributed by atoms with Crippen LogP contribution in [0.1, 0.15) is 24.8 Å². The number of carbonyl (C=O) groups excluding carboxylic acids is 2. The second kappa shape index (κ2) is 7.19. The van der Waals surface area contributed by atoms with Crippen molar-refractivity contribution < 1.29 is 9.59 Å². The largest absolute Gasteiger partial charge is 0.339 e. The van der Waals surface area contributed by atoms with Crippen LogP contribution in [0, 0.1) is 17.8 Å². The second-order valence-corrected chi connectivity index (χ2v) is 6.08. The van der Waals surface area contributed by atoms with Crippen molar-refractivity contribution in [1.82, 2.24) is 15.5 Å². The van der Waals surface area contributed by atoms with Gasteiger partial charge in [-0.15, -0.1) is 0 Å². The van der Waals surface area contributed by atoms with Gasteiger partial charge in [-0.2, -0.15) is 0 Å². The molecule has 1 atom stereocenters. The summed E-state index contributed by atoms with van der Waals surface area (Å²) in [5.41, 5.74) is 0.930.